The molecule has 0 spiro atoms. The van der Waals surface area contributed by atoms with Gasteiger partial charge in [0.25, 0.3) is 0 Å². The van der Waals surface area contributed by atoms with Crippen LogP contribution >= 0.6 is 0 Å². The van der Waals surface area contributed by atoms with Crippen molar-refractivity contribution in [3.8, 4) is 22.3 Å². The van der Waals surface area contributed by atoms with Crippen molar-refractivity contribution in [3.63, 3.8) is 0 Å². The van der Waals surface area contributed by atoms with Gasteiger partial charge in [-0.2, -0.15) is 0 Å². The number of rotatable bonds is 5. The Labute approximate surface area is 282 Å². The fourth-order valence-corrected chi connectivity index (χ4v) is 7.29. The molecule has 8 aromatic carbocycles. The van der Waals surface area contributed by atoms with Crippen molar-refractivity contribution in [1.29, 1.82) is 0 Å². The number of furan rings is 2. The molecule has 10 aromatic rings. The number of para-hydroxylation sites is 2. The third-order valence-corrected chi connectivity index (χ3v) is 9.65. The Morgan fingerprint density at radius 3 is 1.88 bits per heavy atom. The van der Waals surface area contributed by atoms with Gasteiger partial charge in [0.1, 0.15) is 16.7 Å². The number of hydrogen-bond donors (Lipinski definition) is 0. The fraction of sp³-hybridized carbons (Fsp3) is 0. The second-order valence-electron chi connectivity index (χ2n) is 12.5. The lowest BCUT2D eigenvalue weighted by Gasteiger charge is -2.26. The highest BCUT2D eigenvalue weighted by atomic mass is 16.3. The molecular formula is C46H29NO2. The summed E-state index contributed by atoms with van der Waals surface area (Å²) in [7, 11) is 0. The molecule has 0 saturated carbocycles. The quantitative estimate of drug-likeness (QED) is 0.190. The molecule has 2 aromatic heterocycles. The zero-order valence-electron chi connectivity index (χ0n) is 26.5. The smallest absolute Gasteiger partial charge is 0.159 e. The van der Waals surface area contributed by atoms with Crippen LogP contribution in [0.3, 0.4) is 0 Å². The number of nitrogens with zero attached hydrogens (tertiary/aromatic N) is 1. The first-order valence-corrected chi connectivity index (χ1v) is 16.6. The van der Waals surface area contributed by atoms with Crippen LogP contribution in [0.25, 0.3) is 76.9 Å². The average molecular weight is 628 g/mol. The summed E-state index contributed by atoms with van der Waals surface area (Å²) in [6.45, 7) is 0. The Balaban J connectivity index is 1.21. The highest BCUT2D eigenvalue weighted by Gasteiger charge is 2.23. The summed E-state index contributed by atoms with van der Waals surface area (Å²) >= 11 is 0. The van der Waals surface area contributed by atoms with E-state index in [2.05, 4.69) is 169 Å². The summed E-state index contributed by atoms with van der Waals surface area (Å²) in [5.74, 6) is 0. The van der Waals surface area contributed by atoms with E-state index >= 15 is 0 Å². The summed E-state index contributed by atoms with van der Waals surface area (Å²) in [4.78, 5) is 2.32. The summed E-state index contributed by atoms with van der Waals surface area (Å²) in [6.07, 6.45) is 0. The predicted molar refractivity (Wildman–Crippen MR) is 204 cm³/mol. The molecule has 230 valence electrons. The van der Waals surface area contributed by atoms with E-state index in [1.807, 2.05) is 12.1 Å². The van der Waals surface area contributed by atoms with Gasteiger partial charge in [0.2, 0.25) is 0 Å². The van der Waals surface area contributed by atoms with E-state index in [-0.39, 0.29) is 0 Å². The maximum atomic E-state index is 6.63. The van der Waals surface area contributed by atoms with Crippen molar-refractivity contribution in [1.82, 2.24) is 0 Å². The Morgan fingerprint density at radius 2 is 0.980 bits per heavy atom. The van der Waals surface area contributed by atoms with Gasteiger partial charge in [-0.25, -0.2) is 0 Å². The van der Waals surface area contributed by atoms with Crippen molar-refractivity contribution >= 4 is 71.7 Å². The van der Waals surface area contributed by atoms with E-state index in [0.29, 0.717) is 0 Å². The predicted octanol–water partition coefficient (Wildman–Crippen LogP) is 13.4. The molecule has 0 N–H and O–H groups in total. The van der Waals surface area contributed by atoms with Crippen LogP contribution in [0.4, 0.5) is 17.1 Å². The molecule has 0 radical (unpaired) electrons. The monoisotopic (exact) mass is 627 g/mol. The fourth-order valence-electron chi connectivity index (χ4n) is 7.29. The third kappa shape index (κ3) is 4.51. The van der Waals surface area contributed by atoms with Gasteiger partial charge in [-0.15, -0.1) is 0 Å². The van der Waals surface area contributed by atoms with Crippen molar-refractivity contribution in [2.24, 2.45) is 0 Å². The van der Waals surface area contributed by atoms with Gasteiger partial charge in [-0.1, -0.05) is 121 Å². The lowest BCUT2D eigenvalue weighted by Crippen LogP contribution is -2.10. The van der Waals surface area contributed by atoms with Gasteiger partial charge < -0.3 is 13.7 Å². The highest BCUT2D eigenvalue weighted by molar-refractivity contribution is 6.16. The molecule has 0 unspecified atom stereocenters. The molecular weight excluding hydrogens is 599 g/mol. The number of anilines is 3. The standard InChI is InChI=1S/C46H29NO2/c1-2-10-30(11-3-1)35-24-27-43-39(29-35)45-40(16-9-19-44(45)48-43)47(41-17-8-15-38-37-14-6-7-18-42(37)49-46(38)41)36-25-22-32(23-26-36)34-21-20-31-12-4-5-13-33(31)28-34/h1-29H. The van der Waals surface area contributed by atoms with Crippen molar-refractivity contribution in [2.45, 2.75) is 0 Å². The Bertz CT molecular complexity index is 2830. The number of benzene rings is 8. The minimum absolute atomic E-state index is 0.840. The molecule has 0 amide bonds. The molecule has 0 aliphatic carbocycles. The first kappa shape index (κ1) is 27.5. The van der Waals surface area contributed by atoms with E-state index in [0.717, 1.165) is 72.1 Å². The molecule has 3 heteroatoms. The van der Waals surface area contributed by atoms with Crippen LogP contribution in [0.15, 0.2) is 185 Å². The van der Waals surface area contributed by atoms with Crippen molar-refractivity contribution < 1.29 is 8.83 Å². The van der Waals surface area contributed by atoms with Crippen LogP contribution < -0.4 is 4.90 Å². The minimum atomic E-state index is 0.840. The summed E-state index contributed by atoms with van der Waals surface area (Å²) < 4.78 is 13.1. The second kappa shape index (κ2) is 11.0. The van der Waals surface area contributed by atoms with Gasteiger partial charge in [0, 0.05) is 21.8 Å². The maximum Gasteiger partial charge on any atom is 0.159 e. The van der Waals surface area contributed by atoms with Crippen LogP contribution in [0, 0.1) is 0 Å². The molecule has 10 rings (SSSR count). The first-order chi connectivity index (χ1) is 24.3. The van der Waals surface area contributed by atoms with Crippen molar-refractivity contribution in [2.75, 3.05) is 4.90 Å². The van der Waals surface area contributed by atoms with Crippen LogP contribution in [-0.2, 0) is 0 Å². The second-order valence-corrected chi connectivity index (χ2v) is 12.5. The zero-order chi connectivity index (χ0) is 32.3. The van der Waals surface area contributed by atoms with Gasteiger partial charge in [-0.3, -0.25) is 0 Å². The van der Waals surface area contributed by atoms with Crippen LogP contribution in [0.5, 0.6) is 0 Å². The van der Waals surface area contributed by atoms with Gasteiger partial charge >= 0.3 is 0 Å². The largest absolute Gasteiger partial charge is 0.456 e. The van der Waals surface area contributed by atoms with E-state index in [4.69, 9.17) is 8.83 Å². The molecule has 0 bridgehead atoms. The van der Waals surface area contributed by atoms with E-state index in [1.54, 1.807) is 0 Å². The molecule has 3 nitrogen and oxygen atoms in total. The lowest BCUT2D eigenvalue weighted by molar-refractivity contribution is 0.668. The number of fused-ring (bicyclic) bond motifs is 7. The Hall–Kier alpha value is -6.58. The normalized spacial score (nSPS) is 11.7. The minimum Gasteiger partial charge on any atom is -0.456 e. The summed E-state index contributed by atoms with van der Waals surface area (Å²) in [6, 6.07) is 62.0. The zero-order valence-corrected chi connectivity index (χ0v) is 26.5. The van der Waals surface area contributed by atoms with E-state index < -0.39 is 0 Å². The molecule has 0 atom stereocenters. The Morgan fingerprint density at radius 1 is 0.347 bits per heavy atom. The molecule has 0 aliphatic heterocycles. The van der Waals surface area contributed by atoms with Gasteiger partial charge in [0.15, 0.2) is 5.58 Å². The van der Waals surface area contributed by atoms with Crippen molar-refractivity contribution in [3.05, 3.63) is 176 Å². The molecule has 0 fully saturated rings. The van der Waals surface area contributed by atoms with E-state index in [1.165, 1.54) is 21.9 Å². The van der Waals surface area contributed by atoms with Crippen LogP contribution in [0.2, 0.25) is 0 Å². The maximum absolute atomic E-state index is 6.63. The summed E-state index contributed by atoms with van der Waals surface area (Å²) in [5, 5.41) is 6.79. The first-order valence-electron chi connectivity index (χ1n) is 16.6. The molecule has 0 saturated heterocycles. The molecule has 2 heterocycles. The molecule has 0 aliphatic rings. The summed E-state index contributed by atoms with van der Waals surface area (Å²) in [5.41, 5.74) is 11.1. The van der Waals surface area contributed by atoms with Crippen LogP contribution in [0.1, 0.15) is 0 Å². The molecule has 49 heavy (non-hydrogen) atoms. The lowest BCUT2D eigenvalue weighted by atomic mass is 10.00. The SMILES string of the molecule is c1ccc(-c2ccc3oc4cccc(N(c5ccc(-c6ccc7ccccc7c6)cc5)c5cccc6c5oc5ccccc56)c4c3c2)cc1. The van der Waals surface area contributed by atoms with E-state index in [9.17, 15) is 0 Å². The van der Waals surface area contributed by atoms with Gasteiger partial charge in [-0.05, 0) is 87.6 Å². The average Bonchev–Trinajstić information content (AvgIpc) is 3.74. The highest BCUT2D eigenvalue weighted by Crippen LogP contribution is 2.47. The van der Waals surface area contributed by atoms with Crippen LogP contribution in [-0.4, -0.2) is 0 Å². The number of hydrogen-bond acceptors (Lipinski definition) is 3. The topological polar surface area (TPSA) is 29.5 Å². The third-order valence-electron chi connectivity index (χ3n) is 9.65. The Kier molecular flexibility index (Phi) is 6.18. The van der Waals surface area contributed by atoms with Gasteiger partial charge in [0.05, 0.1) is 16.8 Å².